The smallest absolute Gasteiger partial charge is 0.136 e. The molecule has 1 heteroatoms. The molecule has 0 aromatic carbocycles. The van der Waals surface area contributed by atoms with Gasteiger partial charge in [0, 0.05) is 12.3 Å². The lowest BCUT2D eigenvalue weighted by atomic mass is 9.86. The van der Waals surface area contributed by atoms with E-state index in [0.29, 0.717) is 11.7 Å². The highest BCUT2D eigenvalue weighted by molar-refractivity contribution is 5.81. The summed E-state index contributed by atoms with van der Waals surface area (Å²) in [5, 5.41) is 0. The van der Waals surface area contributed by atoms with Crippen molar-refractivity contribution in [3.8, 4) is 0 Å². The topological polar surface area (TPSA) is 17.1 Å². The molecule has 1 nitrogen and oxygen atoms in total. The van der Waals surface area contributed by atoms with Crippen molar-refractivity contribution in [2.45, 2.75) is 52.9 Å². The minimum Gasteiger partial charge on any atom is -0.299 e. The number of hydrogen-bond donors (Lipinski definition) is 0. The van der Waals surface area contributed by atoms with Crippen LogP contribution >= 0.6 is 0 Å². The maximum Gasteiger partial charge on any atom is 0.136 e. The molecule has 0 saturated carbocycles. The summed E-state index contributed by atoms with van der Waals surface area (Å²) in [7, 11) is 0. The summed E-state index contributed by atoms with van der Waals surface area (Å²) in [6, 6.07) is 0. The predicted octanol–water partition coefficient (Wildman–Crippen LogP) is 4.05. The molecule has 1 rings (SSSR count). The normalized spacial score (nSPS) is 20.7. The third-order valence-corrected chi connectivity index (χ3v) is 3.04. The van der Waals surface area contributed by atoms with Gasteiger partial charge < -0.3 is 0 Å². The van der Waals surface area contributed by atoms with E-state index in [0.717, 1.165) is 32.1 Å². The van der Waals surface area contributed by atoms with Crippen molar-refractivity contribution in [2.24, 2.45) is 5.92 Å². The van der Waals surface area contributed by atoms with Gasteiger partial charge in [-0.1, -0.05) is 23.3 Å². The van der Waals surface area contributed by atoms with E-state index in [1.165, 1.54) is 11.1 Å². The zero-order chi connectivity index (χ0) is 11.3. The van der Waals surface area contributed by atoms with Crippen LogP contribution in [0.4, 0.5) is 0 Å². The van der Waals surface area contributed by atoms with Gasteiger partial charge in [0.05, 0.1) is 0 Å². The fraction of sp³-hybridized carbons (Fsp3) is 0.643. The molecule has 1 unspecified atom stereocenters. The van der Waals surface area contributed by atoms with E-state index in [1.807, 2.05) is 0 Å². The zero-order valence-electron chi connectivity index (χ0n) is 10.2. The first-order chi connectivity index (χ1) is 7.09. The third kappa shape index (κ3) is 4.46. The van der Waals surface area contributed by atoms with Crippen LogP contribution in [0.15, 0.2) is 23.3 Å². The molecule has 0 aromatic rings. The van der Waals surface area contributed by atoms with Gasteiger partial charge in [-0.3, -0.25) is 4.79 Å². The van der Waals surface area contributed by atoms with E-state index in [9.17, 15) is 4.79 Å². The van der Waals surface area contributed by atoms with Gasteiger partial charge in [-0.15, -0.1) is 0 Å². The van der Waals surface area contributed by atoms with Crippen LogP contribution in [0.2, 0.25) is 0 Å². The molecule has 0 radical (unpaired) electrons. The molecule has 0 heterocycles. The van der Waals surface area contributed by atoms with Crippen LogP contribution in [0.1, 0.15) is 52.9 Å². The fourth-order valence-corrected chi connectivity index (χ4v) is 1.96. The highest BCUT2D eigenvalue weighted by atomic mass is 16.1. The Hall–Kier alpha value is -0.850. The van der Waals surface area contributed by atoms with Crippen molar-refractivity contribution < 1.29 is 4.79 Å². The van der Waals surface area contributed by atoms with E-state index >= 15 is 0 Å². The number of rotatable bonds is 4. The Morgan fingerprint density at radius 1 is 1.53 bits per heavy atom. The van der Waals surface area contributed by atoms with Crippen LogP contribution in [-0.4, -0.2) is 5.78 Å². The van der Waals surface area contributed by atoms with Gasteiger partial charge in [0.15, 0.2) is 0 Å². The van der Waals surface area contributed by atoms with Crippen LogP contribution < -0.4 is 0 Å². The molecule has 15 heavy (non-hydrogen) atoms. The Balaban J connectivity index is 2.32. The average molecular weight is 206 g/mol. The fourth-order valence-electron chi connectivity index (χ4n) is 1.96. The zero-order valence-corrected chi connectivity index (χ0v) is 10.2. The van der Waals surface area contributed by atoms with Gasteiger partial charge in [-0.05, 0) is 46.5 Å². The molecular weight excluding hydrogens is 184 g/mol. The Labute approximate surface area is 93.3 Å². The van der Waals surface area contributed by atoms with Gasteiger partial charge in [0.1, 0.15) is 5.78 Å². The molecule has 0 spiro atoms. The summed E-state index contributed by atoms with van der Waals surface area (Å²) >= 11 is 0. The first-order valence-electron chi connectivity index (χ1n) is 5.91. The Bertz CT molecular complexity index is 280. The summed E-state index contributed by atoms with van der Waals surface area (Å²) in [5.41, 5.74) is 2.76. The van der Waals surface area contributed by atoms with E-state index in [-0.39, 0.29) is 0 Å². The monoisotopic (exact) mass is 206 g/mol. The summed E-state index contributed by atoms with van der Waals surface area (Å²) in [4.78, 5) is 11.8. The molecule has 0 N–H and O–H groups in total. The lowest BCUT2D eigenvalue weighted by Crippen LogP contribution is -2.16. The minimum atomic E-state index is 0.305. The summed E-state index contributed by atoms with van der Waals surface area (Å²) in [6.07, 6.45) is 9.17. The molecule has 0 amide bonds. The molecule has 1 aliphatic carbocycles. The van der Waals surface area contributed by atoms with E-state index in [1.54, 1.807) is 0 Å². The lowest BCUT2D eigenvalue weighted by molar-refractivity contribution is -0.123. The quantitative estimate of drug-likeness (QED) is 0.634. The van der Waals surface area contributed by atoms with E-state index in [4.69, 9.17) is 0 Å². The lowest BCUT2D eigenvalue weighted by Gasteiger charge is -2.18. The SMILES string of the molecule is CC(C)=CCCC(=O)C1CC=C(C)CC1. The Kier molecular flexibility index (Phi) is 4.80. The molecule has 0 fully saturated rings. The summed E-state index contributed by atoms with van der Waals surface area (Å²) in [6.45, 7) is 6.32. The summed E-state index contributed by atoms with van der Waals surface area (Å²) in [5.74, 6) is 0.760. The van der Waals surface area contributed by atoms with Crippen molar-refractivity contribution in [3.05, 3.63) is 23.3 Å². The molecule has 1 aliphatic rings. The van der Waals surface area contributed by atoms with Crippen molar-refractivity contribution >= 4 is 5.78 Å². The number of carbonyl (C=O) groups is 1. The maximum absolute atomic E-state index is 11.8. The summed E-state index contributed by atoms with van der Waals surface area (Å²) < 4.78 is 0. The molecule has 84 valence electrons. The Morgan fingerprint density at radius 3 is 2.80 bits per heavy atom. The van der Waals surface area contributed by atoms with Gasteiger partial charge in [-0.25, -0.2) is 0 Å². The highest BCUT2D eigenvalue weighted by Gasteiger charge is 2.19. The van der Waals surface area contributed by atoms with Gasteiger partial charge in [0.2, 0.25) is 0 Å². The number of carbonyl (C=O) groups excluding carboxylic acids is 1. The second-order valence-corrected chi connectivity index (χ2v) is 4.81. The van der Waals surface area contributed by atoms with Crippen LogP contribution in [-0.2, 0) is 4.79 Å². The Morgan fingerprint density at radius 2 is 2.27 bits per heavy atom. The first kappa shape index (κ1) is 12.2. The minimum absolute atomic E-state index is 0.305. The van der Waals surface area contributed by atoms with Gasteiger partial charge in [0.25, 0.3) is 0 Å². The van der Waals surface area contributed by atoms with Crippen LogP contribution in [0.3, 0.4) is 0 Å². The maximum atomic E-state index is 11.8. The molecular formula is C14H22O. The van der Waals surface area contributed by atoms with Crippen molar-refractivity contribution in [2.75, 3.05) is 0 Å². The highest BCUT2D eigenvalue weighted by Crippen LogP contribution is 2.25. The van der Waals surface area contributed by atoms with Gasteiger partial charge in [-0.2, -0.15) is 0 Å². The second-order valence-electron chi connectivity index (χ2n) is 4.81. The van der Waals surface area contributed by atoms with Crippen LogP contribution in [0, 0.1) is 5.92 Å². The third-order valence-electron chi connectivity index (χ3n) is 3.04. The molecule has 0 aliphatic heterocycles. The van der Waals surface area contributed by atoms with Crippen molar-refractivity contribution in [3.63, 3.8) is 0 Å². The predicted molar refractivity (Wildman–Crippen MR) is 64.8 cm³/mol. The molecule has 0 saturated heterocycles. The first-order valence-corrected chi connectivity index (χ1v) is 5.91. The largest absolute Gasteiger partial charge is 0.299 e. The number of Topliss-reactive ketones (excluding diaryl/α,β-unsaturated/α-hetero) is 1. The van der Waals surface area contributed by atoms with E-state index in [2.05, 4.69) is 32.9 Å². The number of hydrogen-bond acceptors (Lipinski definition) is 1. The van der Waals surface area contributed by atoms with Crippen LogP contribution in [0.25, 0.3) is 0 Å². The molecule has 0 aromatic heterocycles. The van der Waals surface area contributed by atoms with Crippen molar-refractivity contribution in [1.29, 1.82) is 0 Å². The molecule has 0 bridgehead atoms. The van der Waals surface area contributed by atoms with Gasteiger partial charge >= 0.3 is 0 Å². The number of allylic oxidation sites excluding steroid dienone is 4. The van der Waals surface area contributed by atoms with Crippen LogP contribution in [0.5, 0.6) is 0 Å². The standard InChI is InChI=1S/C14H22O/c1-11(2)5-4-6-14(15)13-9-7-12(3)8-10-13/h5,7,13H,4,6,8-10H2,1-3H3. The number of ketones is 1. The van der Waals surface area contributed by atoms with E-state index < -0.39 is 0 Å². The molecule has 1 atom stereocenters. The van der Waals surface area contributed by atoms with Crippen molar-refractivity contribution in [1.82, 2.24) is 0 Å². The second kappa shape index (κ2) is 5.89. The average Bonchev–Trinajstić information content (AvgIpc) is 2.18.